The molecule has 0 bridgehead atoms. The summed E-state index contributed by atoms with van der Waals surface area (Å²) in [5, 5.41) is 2.57. The van der Waals surface area contributed by atoms with E-state index in [1.54, 1.807) is 12.1 Å². The van der Waals surface area contributed by atoms with E-state index in [2.05, 4.69) is 5.32 Å². The van der Waals surface area contributed by atoms with Crippen LogP contribution in [0, 0.1) is 0 Å². The van der Waals surface area contributed by atoms with Gasteiger partial charge in [0.05, 0.1) is 6.61 Å². The molecule has 7 heteroatoms. The van der Waals surface area contributed by atoms with Crippen LogP contribution >= 0.6 is 0 Å². The van der Waals surface area contributed by atoms with Crippen molar-refractivity contribution in [2.45, 2.75) is 19.8 Å². The van der Waals surface area contributed by atoms with Crippen LogP contribution in [-0.4, -0.2) is 31.0 Å². The van der Waals surface area contributed by atoms with E-state index in [1.807, 2.05) is 31.2 Å². The van der Waals surface area contributed by atoms with Gasteiger partial charge < -0.3 is 20.5 Å². The summed E-state index contributed by atoms with van der Waals surface area (Å²) in [6.07, 6.45) is 0.607. The van der Waals surface area contributed by atoms with Gasteiger partial charge in [-0.15, -0.1) is 0 Å². The molecule has 0 radical (unpaired) electrons. The van der Waals surface area contributed by atoms with Crippen LogP contribution < -0.4 is 15.8 Å². The molecule has 0 aliphatic rings. The number of carbonyl (C=O) groups excluding carboxylic acids is 3. The van der Waals surface area contributed by atoms with Crippen molar-refractivity contribution >= 4 is 23.5 Å². The molecule has 27 heavy (non-hydrogen) atoms. The quantitative estimate of drug-likeness (QED) is 0.659. The van der Waals surface area contributed by atoms with Crippen LogP contribution in [0.15, 0.2) is 48.5 Å². The summed E-state index contributed by atoms with van der Waals surface area (Å²) >= 11 is 0. The molecule has 2 amide bonds. The highest BCUT2D eigenvalue weighted by atomic mass is 16.5. The van der Waals surface area contributed by atoms with Crippen molar-refractivity contribution in [3.05, 3.63) is 59.7 Å². The zero-order valence-electron chi connectivity index (χ0n) is 15.1. The van der Waals surface area contributed by atoms with Gasteiger partial charge in [-0.3, -0.25) is 14.4 Å². The van der Waals surface area contributed by atoms with Gasteiger partial charge in [0.15, 0.2) is 6.61 Å². The fraction of sp³-hybridized carbons (Fsp3) is 0.250. The average molecular weight is 370 g/mol. The van der Waals surface area contributed by atoms with Gasteiger partial charge in [0, 0.05) is 17.7 Å². The second-order valence-electron chi connectivity index (χ2n) is 5.69. The molecule has 0 spiro atoms. The van der Waals surface area contributed by atoms with E-state index >= 15 is 0 Å². The van der Waals surface area contributed by atoms with Crippen molar-refractivity contribution in [3.8, 4) is 5.75 Å². The van der Waals surface area contributed by atoms with Crippen LogP contribution in [-0.2, 0) is 20.7 Å². The Morgan fingerprint density at radius 1 is 1.04 bits per heavy atom. The Bertz CT molecular complexity index is 802. The third-order valence-corrected chi connectivity index (χ3v) is 3.69. The van der Waals surface area contributed by atoms with Crippen molar-refractivity contribution in [2.75, 3.05) is 18.5 Å². The second-order valence-corrected chi connectivity index (χ2v) is 5.69. The molecule has 0 fully saturated rings. The third-order valence-electron chi connectivity index (χ3n) is 3.69. The smallest absolute Gasteiger partial charge is 0.306 e. The van der Waals surface area contributed by atoms with Crippen LogP contribution in [0.2, 0.25) is 0 Å². The Morgan fingerprint density at radius 2 is 1.74 bits per heavy atom. The maximum absolute atomic E-state index is 11.9. The summed E-state index contributed by atoms with van der Waals surface area (Å²) in [6.45, 7) is 2.05. The molecule has 2 rings (SSSR count). The predicted octanol–water partition coefficient (Wildman–Crippen LogP) is 2.30. The van der Waals surface area contributed by atoms with Crippen molar-refractivity contribution < 1.29 is 23.9 Å². The SMILES string of the molecule is CCOc1ccccc1CCC(=O)OCC(=O)Nc1ccc(C(N)=O)cc1. The summed E-state index contributed by atoms with van der Waals surface area (Å²) < 4.78 is 10.5. The zero-order valence-corrected chi connectivity index (χ0v) is 15.1. The largest absolute Gasteiger partial charge is 0.494 e. The van der Waals surface area contributed by atoms with Gasteiger partial charge in [-0.05, 0) is 49.2 Å². The molecule has 0 saturated carbocycles. The van der Waals surface area contributed by atoms with Crippen LogP contribution in [0.1, 0.15) is 29.3 Å². The number of amides is 2. The molecule has 0 saturated heterocycles. The zero-order chi connectivity index (χ0) is 19.6. The first-order valence-corrected chi connectivity index (χ1v) is 8.55. The predicted molar refractivity (Wildman–Crippen MR) is 100 cm³/mol. The molecular weight excluding hydrogens is 348 g/mol. The van der Waals surface area contributed by atoms with E-state index in [0.29, 0.717) is 24.3 Å². The normalized spacial score (nSPS) is 10.1. The molecular formula is C20H22N2O5. The fourth-order valence-electron chi connectivity index (χ4n) is 2.38. The molecule has 2 aromatic carbocycles. The number of para-hydroxylation sites is 1. The van der Waals surface area contributed by atoms with E-state index in [0.717, 1.165) is 11.3 Å². The minimum Gasteiger partial charge on any atom is -0.494 e. The number of primary amides is 1. The maximum atomic E-state index is 11.9. The Morgan fingerprint density at radius 3 is 2.41 bits per heavy atom. The van der Waals surface area contributed by atoms with Gasteiger partial charge >= 0.3 is 5.97 Å². The maximum Gasteiger partial charge on any atom is 0.306 e. The lowest BCUT2D eigenvalue weighted by Crippen LogP contribution is -2.21. The van der Waals surface area contributed by atoms with Crippen LogP contribution in [0.5, 0.6) is 5.75 Å². The van der Waals surface area contributed by atoms with Crippen molar-refractivity contribution in [1.82, 2.24) is 0 Å². The van der Waals surface area contributed by atoms with Gasteiger partial charge in [0.25, 0.3) is 5.91 Å². The standard InChI is InChI=1S/C20H22N2O5/c1-2-26-17-6-4-3-5-14(17)9-12-19(24)27-13-18(23)22-16-10-7-15(8-11-16)20(21)25/h3-8,10-11H,2,9,12-13H2,1H3,(H2,21,25)(H,22,23). The number of nitrogens with two attached hydrogens (primary N) is 1. The topological polar surface area (TPSA) is 108 Å². The first-order valence-electron chi connectivity index (χ1n) is 8.55. The molecule has 2 aromatic rings. The van der Waals surface area contributed by atoms with Gasteiger partial charge in [-0.2, -0.15) is 0 Å². The Kier molecular flexibility index (Phi) is 7.37. The number of rotatable bonds is 9. The van der Waals surface area contributed by atoms with Gasteiger partial charge in [-0.25, -0.2) is 0 Å². The number of hydrogen-bond donors (Lipinski definition) is 2. The number of nitrogens with one attached hydrogen (secondary N) is 1. The minimum absolute atomic E-state index is 0.144. The van der Waals surface area contributed by atoms with E-state index in [1.165, 1.54) is 12.1 Å². The lowest BCUT2D eigenvalue weighted by molar-refractivity contribution is -0.147. The molecule has 142 valence electrons. The minimum atomic E-state index is -0.548. The second kappa shape index (κ2) is 9.96. The number of esters is 1. The highest BCUT2D eigenvalue weighted by Crippen LogP contribution is 2.19. The Hall–Kier alpha value is -3.35. The van der Waals surface area contributed by atoms with Gasteiger partial charge in [-0.1, -0.05) is 18.2 Å². The molecule has 3 N–H and O–H groups in total. The summed E-state index contributed by atoms with van der Waals surface area (Å²) in [5.74, 6) is -0.747. The summed E-state index contributed by atoms with van der Waals surface area (Å²) in [5.41, 5.74) is 6.88. The van der Waals surface area contributed by atoms with E-state index < -0.39 is 17.8 Å². The van der Waals surface area contributed by atoms with Crippen LogP contribution in [0.4, 0.5) is 5.69 Å². The number of benzene rings is 2. The highest BCUT2D eigenvalue weighted by molar-refractivity contribution is 5.95. The van der Waals surface area contributed by atoms with Crippen LogP contribution in [0.25, 0.3) is 0 Å². The number of aryl methyl sites for hydroxylation is 1. The molecule has 0 unspecified atom stereocenters. The van der Waals surface area contributed by atoms with Gasteiger partial charge in [0.1, 0.15) is 5.75 Å². The average Bonchev–Trinajstić information content (AvgIpc) is 2.66. The highest BCUT2D eigenvalue weighted by Gasteiger charge is 2.10. The lowest BCUT2D eigenvalue weighted by atomic mass is 10.1. The summed E-state index contributed by atoms with van der Waals surface area (Å²) in [6, 6.07) is 13.6. The summed E-state index contributed by atoms with van der Waals surface area (Å²) in [7, 11) is 0. The number of ether oxygens (including phenoxy) is 2. The number of anilines is 1. The Balaban J connectivity index is 1.76. The van der Waals surface area contributed by atoms with E-state index in [4.69, 9.17) is 15.2 Å². The third kappa shape index (κ3) is 6.47. The Labute approximate surface area is 157 Å². The fourth-order valence-corrected chi connectivity index (χ4v) is 2.38. The van der Waals surface area contributed by atoms with E-state index in [-0.39, 0.29) is 13.0 Å². The van der Waals surface area contributed by atoms with Gasteiger partial charge in [0.2, 0.25) is 5.91 Å². The van der Waals surface area contributed by atoms with Crippen molar-refractivity contribution in [1.29, 1.82) is 0 Å². The first kappa shape index (κ1) is 20.0. The lowest BCUT2D eigenvalue weighted by Gasteiger charge is -2.10. The monoisotopic (exact) mass is 370 g/mol. The van der Waals surface area contributed by atoms with Crippen LogP contribution in [0.3, 0.4) is 0 Å². The molecule has 0 aliphatic carbocycles. The van der Waals surface area contributed by atoms with Crippen molar-refractivity contribution in [3.63, 3.8) is 0 Å². The molecule has 7 nitrogen and oxygen atoms in total. The van der Waals surface area contributed by atoms with E-state index in [9.17, 15) is 14.4 Å². The number of hydrogen-bond acceptors (Lipinski definition) is 5. The van der Waals surface area contributed by atoms with Crippen molar-refractivity contribution in [2.24, 2.45) is 5.73 Å². The molecule has 0 aliphatic heterocycles. The number of carbonyl (C=O) groups is 3. The molecule has 0 atom stereocenters. The molecule has 0 aromatic heterocycles. The summed E-state index contributed by atoms with van der Waals surface area (Å²) in [4.78, 5) is 34.7. The first-order chi connectivity index (χ1) is 13.0. The molecule has 0 heterocycles.